The summed E-state index contributed by atoms with van der Waals surface area (Å²) in [7, 11) is 0. The SMILES string of the molecule is Cc1[c-]ccc(C)c1.Cc1[c-]ccc(C)c1.Cc1cc(C)cc(C)c1.Cc1cc[c-]cc1.Cc1cc[c-]cc1.Cc1ccc(-c2ccc(C)cc2)cc1.Cc1ccc(-c2ccc(C)cc2C)c(C)c1.Cc1ccc(-c2ccc(C)cc2C)cc1.Cc1ccc(C)c(C)c1.Cc1ccc(C)cc1.Cc1ccc2cc(C)ccc2c1.Cc1cccc(C)c1.Cc1cccc2c(C)cccc12.[Y].[Y]. The van der Waals surface area contributed by atoms with Crippen LogP contribution in [0.2, 0.25) is 0 Å². The van der Waals surface area contributed by atoms with Crippen LogP contribution in [0.25, 0.3) is 54.9 Å². The summed E-state index contributed by atoms with van der Waals surface area (Å²) in [6.45, 7) is 61.4. The molecular formula is C133H148Y2-4. The average Bonchev–Trinajstić information content (AvgIpc) is 0.831. The van der Waals surface area contributed by atoms with Crippen molar-refractivity contribution in [3.63, 3.8) is 0 Å². The molecule has 690 valence electrons. The van der Waals surface area contributed by atoms with Crippen LogP contribution in [-0.2, 0) is 65.4 Å². The molecule has 0 aliphatic rings. The summed E-state index contributed by atoms with van der Waals surface area (Å²) in [6.07, 6.45) is 0. The van der Waals surface area contributed by atoms with Crippen LogP contribution < -0.4 is 0 Å². The maximum atomic E-state index is 3.07. The Bertz CT molecular complexity index is 6030. The molecule has 0 aliphatic heterocycles. The minimum Gasteiger partial charge on any atom is -0.184 e. The summed E-state index contributed by atoms with van der Waals surface area (Å²) < 4.78 is 0. The number of rotatable bonds is 3. The van der Waals surface area contributed by atoms with E-state index in [2.05, 4.69) is 508 Å². The van der Waals surface area contributed by atoms with E-state index in [1.165, 1.54) is 216 Å². The molecule has 0 saturated heterocycles. The minimum atomic E-state index is 0. The molecule has 0 N–H and O–H groups in total. The van der Waals surface area contributed by atoms with Crippen LogP contribution in [0.1, 0.15) is 161 Å². The third-order valence-corrected chi connectivity index (χ3v) is 22.1. The van der Waals surface area contributed by atoms with Crippen LogP contribution in [0.3, 0.4) is 0 Å². The Labute approximate surface area is 868 Å². The molecule has 0 bridgehead atoms. The Hall–Kier alpha value is -11.3. The molecule has 0 fully saturated rings. The Morgan fingerprint density at radius 2 is 0.378 bits per heavy atom. The van der Waals surface area contributed by atoms with Crippen molar-refractivity contribution in [3.8, 4) is 33.4 Å². The zero-order chi connectivity index (χ0) is 97.5. The van der Waals surface area contributed by atoms with E-state index in [1.807, 2.05) is 86.6 Å². The van der Waals surface area contributed by atoms with Gasteiger partial charge in [0.15, 0.2) is 0 Å². The van der Waals surface area contributed by atoms with Crippen molar-refractivity contribution in [2.24, 2.45) is 0 Å². The summed E-state index contributed by atoms with van der Waals surface area (Å²) in [5.41, 5.74) is 46.3. The van der Waals surface area contributed by atoms with Crippen LogP contribution >= 0.6 is 0 Å². The molecule has 18 aromatic rings. The molecule has 0 atom stereocenters. The predicted molar refractivity (Wildman–Crippen MR) is 588 cm³/mol. The van der Waals surface area contributed by atoms with Gasteiger partial charge in [-0.2, -0.15) is 143 Å². The van der Waals surface area contributed by atoms with Gasteiger partial charge < -0.3 is 0 Å². The number of aryl methyl sites for hydroxylation is 29. The van der Waals surface area contributed by atoms with Crippen molar-refractivity contribution >= 4 is 21.5 Å². The first-order valence-electron chi connectivity index (χ1n) is 46.6. The summed E-state index contributed by atoms with van der Waals surface area (Å²) in [4.78, 5) is 0. The maximum absolute atomic E-state index is 3.07. The van der Waals surface area contributed by atoms with Crippen molar-refractivity contribution in [1.29, 1.82) is 0 Å². The van der Waals surface area contributed by atoms with E-state index >= 15 is 0 Å². The predicted octanol–water partition coefficient (Wildman–Crippen LogP) is 37.4. The van der Waals surface area contributed by atoms with Gasteiger partial charge in [0.05, 0.1) is 0 Å². The van der Waals surface area contributed by atoms with Crippen LogP contribution in [0, 0.1) is 225 Å². The van der Waals surface area contributed by atoms with Gasteiger partial charge in [-0.3, -0.25) is 0 Å². The van der Waals surface area contributed by atoms with E-state index in [-0.39, 0.29) is 65.4 Å². The van der Waals surface area contributed by atoms with Crippen molar-refractivity contribution in [2.45, 2.75) is 201 Å². The molecule has 18 aromatic carbocycles. The van der Waals surface area contributed by atoms with Gasteiger partial charge in [0, 0.05) is 65.4 Å². The van der Waals surface area contributed by atoms with Crippen LogP contribution in [-0.4, -0.2) is 0 Å². The fourth-order valence-electron chi connectivity index (χ4n) is 14.7. The maximum Gasteiger partial charge on any atom is 0 e. The Balaban J connectivity index is 0.000000308. The quantitative estimate of drug-likeness (QED) is 0.155. The molecule has 0 heterocycles. The number of benzene rings is 18. The second kappa shape index (κ2) is 62.4. The van der Waals surface area contributed by atoms with E-state index in [1.54, 1.807) is 0 Å². The van der Waals surface area contributed by atoms with E-state index in [4.69, 9.17) is 0 Å². The largest absolute Gasteiger partial charge is 0.184 e. The average molecular weight is 1920 g/mol. The Morgan fingerprint density at radius 1 is 0.141 bits per heavy atom. The van der Waals surface area contributed by atoms with Crippen molar-refractivity contribution in [1.82, 2.24) is 0 Å². The topological polar surface area (TPSA) is 0 Å². The summed E-state index contributed by atoms with van der Waals surface area (Å²) in [5.74, 6) is 0. The van der Waals surface area contributed by atoms with Gasteiger partial charge in [0.25, 0.3) is 0 Å². The van der Waals surface area contributed by atoms with Gasteiger partial charge >= 0.3 is 0 Å². The third-order valence-electron chi connectivity index (χ3n) is 22.1. The second-order valence-electron chi connectivity index (χ2n) is 36.0. The number of fused-ring (bicyclic) bond motifs is 2. The molecule has 135 heavy (non-hydrogen) atoms. The molecule has 18 rings (SSSR count). The van der Waals surface area contributed by atoms with Crippen molar-refractivity contribution in [3.05, 3.63) is 556 Å². The van der Waals surface area contributed by atoms with Gasteiger partial charge in [0.1, 0.15) is 0 Å². The summed E-state index contributed by atoms with van der Waals surface area (Å²) in [5, 5.41) is 5.41. The summed E-state index contributed by atoms with van der Waals surface area (Å²) >= 11 is 0. The van der Waals surface area contributed by atoms with Crippen molar-refractivity contribution < 1.29 is 65.4 Å². The van der Waals surface area contributed by atoms with Crippen LogP contribution in [0.5, 0.6) is 0 Å². The van der Waals surface area contributed by atoms with E-state index in [0.29, 0.717) is 0 Å². The van der Waals surface area contributed by atoms with Gasteiger partial charge in [0.2, 0.25) is 0 Å². The number of hydrogen-bond donors (Lipinski definition) is 0. The fourth-order valence-corrected chi connectivity index (χ4v) is 14.7. The molecule has 2 radical (unpaired) electrons. The second-order valence-corrected chi connectivity index (χ2v) is 36.0. The van der Waals surface area contributed by atoms with Gasteiger partial charge in [-0.25, -0.2) is 0 Å². The molecule has 0 spiro atoms. The molecular weight excluding hydrogens is 1780 g/mol. The first kappa shape index (κ1) is 116. The van der Waals surface area contributed by atoms with Crippen LogP contribution in [0.4, 0.5) is 0 Å². The third kappa shape index (κ3) is 46.2. The van der Waals surface area contributed by atoms with Gasteiger partial charge in [-0.15, -0.1) is 0 Å². The van der Waals surface area contributed by atoms with E-state index < -0.39 is 0 Å². The van der Waals surface area contributed by atoms with Gasteiger partial charge in [-0.1, -0.05) is 416 Å². The molecule has 0 aliphatic carbocycles. The van der Waals surface area contributed by atoms with E-state index in [0.717, 1.165) is 0 Å². The first-order valence-corrected chi connectivity index (χ1v) is 46.6. The Morgan fingerprint density at radius 3 is 0.644 bits per heavy atom. The molecule has 0 unspecified atom stereocenters. The standard InChI is InChI=1S/C16H18.C15H16.C14H14.2C12H12.2C9H12.2C8H10.2C8H9.2C7H7.2Y/c1-11-5-7-15(13(3)9-11)16-8-6-12(2)10-14(16)4;1-11-4-7-14(8-5-11)15-9-6-12(2)10-13(15)3;1-11-3-7-13(8-4-11)14-9-5-12(2)6-10-14;1-9-3-5-12-8-10(2)4-6-11(12)7-9;1-9-5-3-8-12-10(2)6-4-7-11(9)12;1-7-4-8(2)6-9(3)5-7;1-7-4-5-8(2)9(3)6-7;1-7-3-5-8(2)6-4-7;3*1-7-4-3-5-8(2)6-7;2*1-7-5-3-2-4-6-7;;/h5-10H,1-4H3;4-10H,1-3H3;3-10H,1-2H3;2*3-8H,1-2H3;2*4-6H,1-3H3;2*3-6H,1-2H3;2*3-4,6H,1-2H3;2*3-6H,1H3;;/q;;;;;;;;;4*-1;;. The zero-order valence-electron chi connectivity index (χ0n) is 86.9. The molecule has 0 nitrogen and oxygen atoms in total. The van der Waals surface area contributed by atoms with Crippen molar-refractivity contribution in [2.75, 3.05) is 0 Å². The zero-order valence-corrected chi connectivity index (χ0v) is 92.5. The fraction of sp³-hybridized carbons (Fsp3) is 0.218. The van der Waals surface area contributed by atoms with Crippen LogP contribution in [0.15, 0.2) is 370 Å². The number of hydrogen-bond acceptors (Lipinski definition) is 0. The molecule has 0 saturated carbocycles. The van der Waals surface area contributed by atoms with Gasteiger partial charge in [-0.05, 0) is 253 Å². The minimum absolute atomic E-state index is 0. The van der Waals surface area contributed by atoms with E-state index in [9.17, 15) is 0 Å². The smallest absolute Gasteiger partial charge is 0 e. The molecule has 0 aromatic heterocycles. The molecule has 0 amide bonds. The molecule has 2 heteroatoms. The Kier molecular flexibility index (Phi) is 53.6. The first-order chi connectivity index (χ1) is 63.4. The normalized spacial score (nSPS) is 9.70. The monoisotopic (exact) mass is 1920 g/mol. The summed E-state index contributed by atoms with van der Waals surface area (Å²) in [6, 6.07) is 142.